The van der Waals surface area contributed by atoms with Crippen LogP contribution in [0.4, 0.5) is 5.82 Å². The van der Waals surface area contributed by atoms with Crippen LogP contribution in [0.5, 0.6) is 0 Å². The molecule has 0 fully saturated rings. The first-order valence-electron chi connectivity index (χ1n) is 4.60. The number of halogens is 1. The average molecular weight is 270 g/mol. The van der Waals surface area contributed by atoms with Crippen molar-refractivity contribution in [2.24, 2.45) is 0 Å². The third-order valence-electron chi connectivity index (χ3n) is 2.39. The lowest BCUT2D eigenvalue weighted by Gasteiger charge is -2.08. The normalized spacial score (nSPS) is 13.3. The topological polar surface area (TPSA) is 68.2 Å². The second-order valence-electron chi connectivity index (χ2n) is 3.30. The summed E-state index contributed by atoms with van der Waals surface area (Å²) in [5.41, 5.74) is 6.60. The van der Waals surface area contributed by atoms with E-state index >= 15 is 0 Å². The molecule has 5 nitrogen and oxygen atoms in total. The van der Waals surface area contributed by atoms with Crippen molar-refractivity contribution >= 4 is 27.3 Å². The molecule has 0 radical (unpaired) electrons. The molecule has 0 aromatic carbocycles. The fourth-order valence-electron chi connectivity index (χ4n) is 1.48. The Bertz CT molecular complexity index is 492. The Morgan fingerprint density at radius 3 is 3.00 bits per heavy atom. The highest BCUT2D eigenvalue weighted by Crippen LogP contribution is 2.25. The van der Waals surface area contributed by atoms with Crippen LogP contribution in [0.25, 0.3) is 5.52 Å². The Kier molecular flexibility index (Phi) is 2.62. The predicted molar refractivity (Wildman–Crippen MR) is 62.6 cm³/mol. The molecule has 3 N–H and O–H groups in total. The van der Waals surface area contributed by atoms with Crippen LogP contribution in [0.2, 0.25) is 0 Å². The monoisotopic (exact) mass is 269 g/mol. The number of hydrogen-bond acceptors (Lipinski definition) is 4. The van der Waals surface area contributed by atoms with Gasteiger partial charge in [0, 0.05) is 12.4 Å². The molecular weight excluding hydrogens is 258 g/mol. The zero-order valence-corrected chi connectivity index (χ0v) is 10.1. The summed E-state index contributed by atoms with van der Waals surface area (Å²) in [5.74, 6) is 1.39. The van der Waals surface area contributed by atoms with Crippen molar-refractivity contribution in [1.82, 2.24) is 19.7 Å². The molecule has 0 bridgehead atoms. The van der Waals surface area contributed by atoms with Crippen molar-refractivity contribution in [3.05, 3.63) is 22.8 Å². The molecule has 2 heterocycles. The summed E-state index contributed by atoms with van der Waals surface area (Å²) >= 11 is 3.39. The van der Waals surface area contributed by atoms with Crippen LogP contribution in [0, 0.1) is 0 Å². The van der Waals surface area contributed by atoms with Gasteiger partial charge in [-0.1, -0.05) is 0 Å². The molecule has 2 aromatic rings. The quantitative estimate of drug-likeness (QED) is 0.864. The maximum atomic E-state index is 5.79. The van der Waals surface area contributed by atoms with Gasteiger partial charge in [-0.05, 0) is 29.9 Å². The van der Waals surface area contributed by atoms with Gasteiger partial charge < -0.3 is 11.1 Å². The van der Waals surface area contributed by atoms with E-state index in [1.807, 2.05) is 24.6 Å². The van der Waals surface area contributed by atoms with Crippen molar-refractivity contribution in [1.29, 1.82) is 0 Å². The highest BCUT2D eigenvalue weighted by Gasteiger charge is 2.15. The number of fused-ring (bicyclic) bond motifs is 1. The summed E-state index contributed by atoms with van der Waals surface area (Å²) in [7, 11) is 1.89. The number of rotatable bonds is 2. The molecule has 0 amide bonds. The fraction of sp³-hybridized carbons (Fsp3) is 0.333. The molecular formula is C9H12BrN5. The summed E-state index contributed by atoms with van der Waals surface area (Å²) < 4.78 is 2.67. The molecule has 15 heavy (non-hydrogen) atoms. The van der Waals surface area contributed by atoms with Crippen LogP contribution in [-0.2, 0) is 0 Å². The largest absolute Gasteiger partial charge is 0.382 e. The second kappa shape index (κ2) is 3.79. The minimum atomic E-state index is 0.158. The lowest BCUT2D eigenvalue weighted by Crippen LogP contribution is -2.15. The fourth-order valence-corrected chi connectivity index (χ4v) is 2.05. The van der Waals surface area contributed by atoms with Crippen LogP contribution in [-0.4, -0.2) is 21.4 Å². The SMILES string of the molecule is CNC(C)c1nc(Br)c2c(N)nccn12. The molecule has 0 saturated heterocycles. The predicted octanol–water partition coefficient (Wildman–Crippen LogP) is 1.35. The third-order valence-corrected chi connectivity index (χ3v) is 2.94. The summed E-state index contributed by atoms with van der Waals surface area (Å²) in [6.07, 6.45) is 3.52. The van der Waals surface area contributed by atoms with Crippen molar-refractivity contribution in [2.45, 2.75) is 13.0 Å². The lowest BCUT2D eigenvalue weighted by molar-refractivity contribution is 0.607. The second-order valence-corrected chi connectivity index (χ2v) is 4.05. The zero-order valence-electron chi connectivity index (χ0n) is 8.53. The Labute approximate surface area is 95.8 Å². The van der Waals surface area contributed by atoms with E-state index in [2.05, 4.69) is 31.2 Å². The van der Waals surface area contributed by atoms with Crippen LogP contribution in [0.15, 0.2) is 17.0 Å². The smallest absolute Gasteiger partial charge is 0.150 e. The van der Waals surface area contributed by atoms with Crippen molar-refractivity contribution in [3.63, 3.8) is 0 Å². The van der Waals surface area contributed by atoms with Crippen LogP contribution >= 0.6 is 15.9 Å². The summed E-state index contributed by atoms with van der Waals surface area (Å²) in [6.45, 7) is 2.04. The average Bonchev–Trinajstić information content (AvgIpc) is 2.56. The Balaban J connectivity index is 2.73. The molecule has 1 atom stereocenters. The molecule has 2 aromatic heterocycles. The van der Waals surface area contributed by atoms with E-state index in [1.54, 1.807) is 6.20 Å². The van der Waals surface area contributed by atoms with Gasteiger partial charge in [0.1, 0.15) is 15.9 Å². The number of aromatic nitrogens is 3. The molecule has 0 saturated carbocycles. The number of nitrogens with one attached hydrogen (secondary N) is 1. The van der Waals surface area contributed by atoms with Gasteiger partial charge in [-0.25, -0.2) is 9.97 Å². The van der Waals surface area contributed by atoms with Gasteiger partial charge in [0.2, 0.25) is 0 Å². The van der Waals surface area contributed by atoms with E-state index in [0.29, 0.717) is 5.82 Å². The van der Waals surface area contributed by atoms with E-state index in [9.17, 15) is 0 Å². The maximum Gasteiger partial charge on any atom is 0.150 e. The van der Waals surface area contributed by atoms with Crippen molar-refractivity contribution in [3.8, 4) is 0 Å². The third kappa shape index (κ3) is 1.59. The van der Waals surface area contributed by atoms with Gasteiger partial charge in [0.25, 0.3) is 0 Å². The van der Waals surface area contributed by atoms with E-state index in [-0.39, 0.29) is 6.04 Å². The number of nitrogens with zero attached hydrogens (tertiary/aromatic N) is 3. The lowest BCUT2D eigenvalue weighted by atomic mass is 10.3. The standard InChI is InChI=1S/C9H12BrN5/c1-5(12-2)9-14-7(10)6-8(11)13-3-4-15(6)9/h3-5,12H,1-2H3,(H2,11,13). The molecule has 80 valence electrons. The van der Waals surface area contributed by atoms with Crippen molar-refractivity contribution in [2.75, 3.05) is 12.8 Å². The summed E-state index contributed by atoms with van der Waals surface area (Å²) in [6, 6.07) is 0.158. The molecule has 2 rings (SSSR count). The van der Waals surface area contributed by atoms with E-state index in [1.165, 1.54) is 0 Å². The molecule has 6 heteroatoms. The van der Waals surface area contributed by atoms with E-state index < -0.39 is 0 Å². The van der Waals surface area contributed by atoms with Crippen LogP contribution in [0.3, 0.4) is 0 Å². The van der Waals surface area contributed by atoms with Gasteiger partial charge in [-0.15, -0.1) is 0 Å². The van der Waals surface area contributed by atoms with Crippen LogP contribution in [0.1, 0.15) is 18.8 Å². The maximum absolute atomic E-state index is 5.79. The highest BCUT2D eigenvalue weighted by molar-refractivity contribution is 9.10. The van der Waals surface area contributed by atoms with E-state index in [4.69, 9.17) is 5.73 Å². The molecule has 0 spiro atoms. The van der Waals surface area contributed by atoms with Gasteiger partial charge in [0.05, 0.1) is 6.04 Å². The Hall–Kier alpha value is -1.14. The molecule has 0 aliphatic carbocycles. The number of nitrogens with two attached hydrogens (primary N) is 1. The first kappa shape index (κ1) is 10.4. The highest BCUT2D eigenvalue weighted by atomic mass is 79.9. The number of nitrogen functional groups attached to an aromatic ring is 1. The Morgan fingerprint density at radius 2 is 2.33 bits per heavy atom. The minimum Gasteiger partial charge on any atom is -0.382 e. The van der Waals surface area contributed by atoms with Crippen molar-refractivity contribution < 1.29 is 0 Å². The van der Waals surface area contributed by atoms with Gasteiger partial charge in [0.15, 0.2) is 5.82 Å². The van der Waals surface area contributed by atoms with E-state index in [0.717, 1.165) is 15.9 Å². The van der Waals surface area contributed by atoms with Gasteiger partial charge >= 0.3 is 0 Å². The van der Waals surface area contributed by atoms with Gasteiger partial charge in [-0.3, -0.25) is 4.40 Å². The van der Waals surface area contributed by atoms with Crippen LogP contribution < -0.4 is 11.1 Å². The number of imidazole rings is 1. The first-order valence-corrected chi connectivity index (χ1v) is 5.39. The summed E-state index contributed by atoms with van der Waals surface area (Å²) in [4.78, 5) is 8.45. The number of anilines is 1. The number of hydrogen-bond donors (Lipinski definition) is 2. The molecule has 0 aliphatic heterocycles. The first-order chi connectivity index (χ1) is 7.15. The van der Waals surface area contributed by atoms with Gasteiger partial charge in [-0.2, -0.15) is 0 Å². The molecule has 0 aliphatic rings. The minimum absolute atomic E-state index is 0.158. The Morgan fingerprint density at radius 1 is 1.60 bits per heavy atom. The zero-order chi connectivity index (χ0) is 11.0. The molecule has 1 unspecified atom stereocenters. The summed E-state index contributed by atoms with van der Waals surface area (Å²) in [5, 5.41) is 3.14.